The lowest BCUT2D eigenvalue weighted by Crippen LogP contribution is -2.14. The molecular weight excluding hydrogens is 301 g/mol. The molecule has 0 aromatic heterocycles. The number of thioether (sulfide) groups is 1. The van der Waals surface area contributed by atoms with E-state index < -0.39 is 11.7 Å². The maximum atomic E-state index is 12.4. The number of hydrogen-bond acceptors (Lipinski definition) is 3. The number of ketones is 1. The number of hydrogen-bond donors (Lipinski definition) is 0. The molecule has 0 N–H and O–H groups in total. The van der Waals surface area contributed by atoms with E-state index in [2.05, 4.69) is 0 Å². The van der Waals surface area contributed by atoms with Crippen LogP contribution in [0.4, 0.5) is 13.2 Å². The first-order valence-corrected chi connectivity index (χ1v) is 7.19. The molecule has 0 radical (unpaired) electrons. The molecule has 0 aliphatic carbocycles. The summed E-state index contributed by atoms with van der Waals surface area (Å²) in [5, 5.41) is -0.357. The fourth-order valence-corrected chi connectivity index (χ4v) is 2.46. The standard InChI is InChI=1S/C15H17F3O2S/c1-14(2,3)9-11(19)8-13(20)21-12-6-4-10(5-7-12)15(16,17)18/h4-7H,8-9H2,1-3H3. The average Bonchev–Trinajstić information content (AvgIpc) is 2.25. The van der Waals surface area contributed by atoms with Crippen molar-refractivity contribution in [2.24, 2.45) is 5.41 Å². The van der Waals surface area contributed by atoms with Gasteiger partial charge in [-0.25, -0.2) is 0 Å². The molecule has 0 aliphatic heterocycles. The molecule has 2 nitrogen and oxygen atoms in total. The van der Waals surface area contributed by atoms with Gasteiger partial charge in [-0.1, -0.05) is 32.5 Å². The Morgan fingerprint density at radius 2 is 1.57 bits per heavy atom. The van der Waals surface area contributed by atoms with E-state index in [1.165, 1.54) is 12.1 Å². The summed E-state index contributed by atoms with van der Waals surface area (Å²) >= 11 is 0.790. The Kier molecular flexibility index (Phi) is 5.61. The van der Waals surface area contributed by atoms with Gasteiger partial charge in [0, 0.05) is 11.3 Å². The Balaban J connectivity index is 2.58. The molecule has 116 valence electrons. The van der Waals surface area contributed by atoms with Gasteiger partial charge in [0.25, 0.3) is 0 Å². The van der Waals surface area contributed by atoms with Crippen LogP contribution in [-0.4, -0.2) is 10.9 Å². The van der Waals surface area contributed by atoms with Crippen molar-refractivity contribution in [1.29, 1.82) is 0 Å². The Labute approximate surface area is 126 Å². The number of alkyl halides is 3. The first-order chi connectivity index (χ1) is 9.47. The molecule has 1 aromatic carbocycles. The maximum absolute atomic E-state index is 12.4. The van der Waals surface area contributed by atoms with Gasteiger partial charge < -0.3 is 0 Å². The van der Waals surface area contributed by atoms with E-state index in [1.807, 2.05) is 20.8 Å². The summed E-state index contributed by atoms with van der Waals surface area (Å²) in [4.78, 5) is 23.8. The molecule has 6 heteroatoms. The highest BCUT2D eigenvalue weighted by Gasteiger charge is 2.30. The quantitative estimate of drug-likeness (QED) is 0.595. The fraction of sp³-hybridized carbons (Fsp3) is 0.467. The van der Waals surface area contributed by atoms with Gasteiger partial charge in [0.15, 0.2) is 0 Å². The molecular formula is C15H17F3O2S. The van der Waals surface area contributed by atoms with Crippen molar-refractivity contribution in [3.63, 3.8) is 0 Å². The minimum Gasteiger partial charge on any atom is -0.299 e. The molecule has 0 saturated carbocycles. The zero-order valence-electron chi connectivity index (χ0n) is 12.1. The van der Waals surface area contributed by atoms with E-state index in [9.17, 15) is 22.8 Å². The Bertz CT molecular complexity index is 513. The molecule has 1 aromatic rings. The molecule has 0 fully saturated rings. The van der Waals surface area contributed by atoms with E-state index in [0.717, 1.165) is 23.9 Å². The van der Waals surface area contributed by atoms with Crippen molar-refractivity contribution in [3.8, 4) is 0 Å². The highest BCUT2D eigenvalue weighted by molar-refractivity contribution is 8.13. The number of rotatable bonds is 4. The van der Waals surface area contributed by atoms with Crippen molar-refractivity contribution in [3.05, 3.63) is 29.8 Å². The summed E-state index contributed by atoms with van der Waals surface area (Å²) in [5.74, 6) is -0.160. The first-order valence-electron chi connectivity index (χ1n) is 6.37. The van der Waals surface area contributed by atoms with E-state index in [0.29, 0.717) is 11.3 Å². The highest BCUT2D eigenvalue weighted by atomic mass is 32.2. The van der Waals surface area contributed by atoms with E-state index in [4.69, 9.17) is 0 Å². The summed E-state index contributed by atoms with van der Waals surface area (Å²) < 4.78 is 37.2. The SMILES string of the molecule is CC(C)(C)CC(=O)CC(=O)Sc1ccc(C(F)(F)F)cc1. The summed E-state index contributed by atoms with van der Waals surface area (Å²) in [6.45, 7) is 5.70. The highest BCUT2D eigenvalue weighted by Crippen LogP contribution is 2.31. The van der Waals surface area contributed by atoms with Crippen LogP contribution in [0.3, 0.4) is 0 Å². The van der Waals surface area contributed by atoms with Crippen LogP contribution in [0.5, 0.6) is 0 Å². The molecule has 0 aliphatic rings. The van der Waals surface area contributed by atoms with Gasteiger partial charge in [0.1, 0.15) is 5.78 Å². The zero-order chi connectivity index (χ0) is 16.3. The van der Waals surface area contributed by atoms with E-state index in [-0.39, 0.29) is 22.7 Å². The normalized spacial score (nSPS) is 12.3. The van der Waals surface area contributed by atoms with Gasteiger partial charge >= 0.3 is 6.18 Å². The van der Waals surface area contributed by atoms with Crippen LogP contribution < -0.4 is 0 Å². The Hall–Kier alpha value is -1.30. The topological polar surface area (TPSA) is 34.1 Å². The summed E-state index contributed by atoms with van der Waals surface area (Å²) in [5.41, 5.74) is -0.945. The number of carbonyl (C=O) groups excluding carboxylic acids is 2. The van der Waals surface area contributed by atoms with Crippen LogP contribution in [0.15, 0.2) is 29.2 Å². The third kappa shape index (κ3) is 6.80. The van der Waals surface area contributed by atoms with Crippen LogP contribution in [-0.2, 0) is 15.8 Å². The number of carbonyl (C=O) groups is 2. The average molecular weight is 318 g/mol. The summed E-state index contributed by atoms with van der Waals surface area (Å²) in [6.07, 6.45) is -4.30. The lowest BCUT2D eigenvalue weighted by atomic mass is 9.89. The molecule has 1 rings (SSSR count). The molecule has 0 bridgehead atoms. The molecule has 21 heavy (non-hydrogen) atoms. The fourth-order valence-electron chi connectivity index (χ4n) is 1.69. The van der Waals surface area contributed by atoms with Crippen molar-refractivity contribution in [2.45, 2.75) is 44.7 Å². The van der Waals surface area contributed by atoms with Crippen LogP contribution >= 0.6 is 11.8 Å². The maximum Gasteiger partial charge on any atom is 0.416 e. The van der Waals surface area contributed by atoms with Gasteiger partial charge in [0.2, 0.25) is 5.12 Å². The van der Waals surface area contributed by atoms with Crippen molar-refractivity contribution in [1.82, 2.24) is 0 Å². The minimum absolute atomic E-state index is 0.160. The van der Waals surface area contributed by atoms with Gasteiger partial charge in [-0.3, -0.25) is 9.59 Å². The number of benzene rings is 1. The second kappa shape index (κ2) is 6.64. The third-order valence-corrected chi connectivity index (χ3v) is 3.36. The van der Waals surface area contributed by atoms with Gasteiger partial charge in [-0.2, -0.15) is 13.2 Å². The first kappa shape index (κ1) is 17.8. The van der Waals surface area contributed by atoms with Gasteiger partial charge in [0.05, 0.1) is 12.0 Å². The van der Waals surface area contributed by atoms with Crippen LogP contribution in [0, 0.1) is 5.41 Å². The second-order valence-corrected chi connectivity index (χ2v) is 7.08. The lowest BCUT2D eigenvalue weighted by Gasteiger charge is -2.16. The van der Waals surface area contributed by atoms with Crippen LogP contribution in [0.25, 0.3) is 0 Å². The number of Topliss-reactive ketones (excluding diaryl/α,β-unsaturated/α-hetero) is 1. The minimum atomic E-state index is -4.39. The van der Waals surface area contributed by atoms with E-state index in [1.54, 1.807) is 0 Å². The summed E-state index contributed by atoms with van der Waals surface area (Å²) in [7, 11) is 0. The lowest BCUT2D eigenvalue weighted by molar-refractivity contribution is -0.137. The van der Waals surface area contributed by atoms with Crippen molar-refractivity contribution in [2.75, 3.05) is 0 Å². The third-order valence-electron chi connectivity index (χ3n) is 2.48. The van der Waals surface area contributed by atoms with E-state index >= 15 is 0 Å². The van der Waals surface area contributed by atoms with Crippen molar-refractivity contribution < 1.29 is 22.8 Å². The van der Waals surface area contributed by atoms with Gasteiger partial charge in [-0.05, 0) is 29.7 Å². The second-order valence-electron chi connectivity index (χ2n) is 5.95. The zero-order valence-corrected chi connectivity index (χ0v) is 12.9. The molecule has 0 spiro atoms. The van der Waals surface area contributed by atoms with Crippen molar-refractivity contribution >= 4 is 22.7 Å². The predicted molar refractivity (Wildman–Crippen MR) is 76.0 cm³/mol. The predicted octanol–water partition coefficient (Wildman–Crippen LogP) is 4.72. The number of halogens is 3. The largest absolute Gasteiger partial charge is 0.416 e. The molecule has 0 atom stereocenters. The molecule has 0 unspecified atom stereocenters. The molecule has 0 heterocycles. The monoisotopic (exact) mass is 318 g/mol. The van der Waals surface area contributed by atoms with Gasteiger partial charge in [-0.15, -0.1) is 0 Å². The Morgan fingerprint density at radius 3 is 2.00 bits per heavy atom. The van der Waals surface area contributed by atoms with Crippen LogP contribution in [0.2, 0.25) is 0 Å². The molecule has 0 amide bonds. The summed E-state index contributed by atoms with van der Waals surface area (Å²) in [6, 6.07) is 4.32. The van der Waals surface area contributed by atoms with Crippen LogP contribution in [0.1, 0.15) is 39.2 Å². The Morgan fingerprint density at radius 1 is 1.05 bits per heavy atom. The molecule has 0 saturated heterocycles. The smallest absolute Gasteiger partial charge is 0.299 e.